The number of amides is 1. The molecule has 0 unspecified atom stereocenters. The number of aryl methyl sites for hydroxylation is 4. The summed E-state index contributed by atoms with van der Waals surface area (Å²) in [5, 5.41) is 6.65. The number of hydrogen-bond acceptors (Lipinski definition) is 7. The Hall–Kier alpha value is -2.76. The van der Waals surface area contributed by atoms with Crippen LogP contribution in [0.1, 0.15) is 23.7 Å². The van der Waals surface area contributed by atoms with Gasteiger partial charge in [-0.25, -0.2) is 13.4 Å². The molecule has 4 rings (SSSR count). The van der Waals surface area contributed by atoms with Gasteiger partial charge in [-0.05, 0) is 32.0 Å². The van der Waals surface area contributed by atoms with Crippen LogP contribution in [0.15, 0.2) is 27.6 Å². The predicted octanol–water partition coefficient (Wildman–Crippen LogP) is 1.77. The molecule has 1 aliphatic heterocycles. The summed E-state index contributed by atoms with van der Waals surface area (Å²) in [6.45, 7) is 4.97. The second-order valence-corrected chi connectivity index (χ2v) is 9.44. The van der Waals surface area contributed by atoms with Crippen molar-refractivity contribution in [2.75, 3.05) is 31.6 Å². The number of rotatable bonds is 6. The number of benzene rings is 1. The molecule has 1 saturated heterocycles. The number of sulfonamides is 1. The van der Waals surface area contributed by atoms with Gasteiger partial charge in [-0.2, -0.15) is 4.31 Å². The Morgan fingerprint density at radius 3 is 2.65 bits per heavy atom. The topological polar surface area (TPSA) is 120 Å². The van der Waals surface area contributed by atoms with E-state index in [9.17, 15) is 13.2 Å². The fourth-order valence-corrected chi connectivity index (χ4v) is 5.07. The van der Waals surface area contributed by atoms with E-state index in [2.05, 4.69) is 15.5 Å². The Kier molecular flexibility index (Phi) is 5.82. The van der Waals surface area contributed by atoms with E-state index in [0.29, 0.717) is 61.2 Å². The normalized spacial score (nSPS) is 15.5. The molecule has 0 bridgehead atoms. The van der Waals surface area contributed by atoms with Gasteiger partial charge in [0.15, 0.2) is 5.76 Å². The van der Waals surface area contributed by atoms with Gasteiger partial charge in [0, 0.05) is 33.0 Å². The predicted molar refractivity (Wildman–Crippen MR) is 113 cm³/mol. The van der Waals surface area contributed by atoms with Gasteiger partial charge in [-0.1, -0.05) is 5.16 Å². The van der Waals surface area contributed by atoms with Gasteiger partial charge in [-0.3, -0.25) is 4.79 Å². The second-order valence-electron chi connectivity index (χ2n) is 7.50. The molecule has 0 atom stereocenters. The zero-order valence-corrected chi connectivity index (χ0v) is 18.5. The third-order valence-electron chi connectivity index (χ3n) is 5.43. The zero-order chi connectivity index (χ0) is 22.2. The molecule has 166 valence electrons. The average Bonchev–Trinajstić information content (AvgIpc) is 3.26. The van der Waals surface area contributed by atoms with Crippen molar-refractivity contribution < 1.29 is 22.5 Å². The third-order valence-corrected chi connectivity index (χ3v) is 7.32. The van der Waals surface area contributed by atoms with Crippen LogP contribution in [0.25, 0.3) is 11.0 Å². The van der Waals surface area contributed by atoms with Gasteiger partial charge in [0.2, 0.25) is 15.9 Å². The summed E-state index contributed by atoms with van der Waals surface area (Å²) in [6.07, 6.45) is 0.631. The van der Waals surface area contributed by atoms with Crippen molar-refractivity contribution in [3.05, 3.63) is 35.5 Å². The Labute approximate surface area is 180 Å². The molecule has 0 radical (unpaired) electrons. The number of nitrogens with one attached hydrogen (secondary N) is 1. The van der Waals surface area contributed by atoms with Gasteiger partial charge >= 0.3 is 0 Å². The van der Waals surface area contributed by atoms with Crippen LogP contribution in [0.5, 0.6) is 0 Å². The van der Waals surface area contributed by atoms with Crippen LogP contribution in [-0.2, 0) is 33.0 Å². The maximum atomic E-state index is 12.9. The molecule has 10 nitrogen and oxygen atoms in total. The summed E-state index contributed by atoms with van der Waals surface area (Å²) < 4.78 is 39.4. The van der Waals surface area contributed by atoms with Crippen molar-refractivity contribution in [1.29, 1.82) is 0 Å². The van der Waals surface area contributed by atoms with Crippen molar-refractivity contribution in [2.45, 2.75) is 31.6 Å². The highest BCUT2D eigenvalue weighted by Crippen LogP contribution is 2.24. The fourth-order valence-electron chi connectivity index (χ4n) is 3.64. The first kappa shape index (κ1) is 21.5. The lowest BCUT2D eigenvalue weighted by molar-refractivity contribution is -0.116. The van der Waals surface area contributed by atoms with Gasteiger partial charge in [-0.15, -0.1) is 0 Å². The van der Waals surface area contributed by atoms with Crippen LogP contribution in [0.2, 0.25) is 0 Å². The second kappa shape index (κ2) is 8.40. The molecule has 2 aromatic heterocycles. The number of carbonyl (C=O) groups is 1. The molecule has 1 aliphatic rings. The van der Waals surface area contributed by atoms with Gasteiger partial charge in [0.1, 0.15) is 17.2 Å². The van der Waals surface area contributed by atoms with Crippen LogP contribution in [-0.4, -0.2) is 59.6 Å². The number of ether oxygens (including phenoxy) is 1. The van der Waals surface area contributed by atoms with E-state index in [0.717, 1.165) is 5.52 Å². The molecule has 3 heterocycles. The third kappa shape index (κ3) is 4.21. The molecule has 0 aliphatic carbocycles. The summed E-state index contributed by atoms with van der Waals surface area (Å²) in [4.78, 5) is 17.2. The highest BCUT2D eigenvalue weighted by Gasteiger charge is 2.27. The molecule has 1 amide bonds. The number of hydrogen-bond donors (Lipinski definition) is 1. The Morgan fingerprint density at radius 2 is 1.97 bits per heavy atom. The SMILES string of the molecule is Cc1noc(C)c1NC(=O)CCc1nc2cc(S(=O)(=O)N3CCOCC3)ccc2n1C. The molecule has 0 saturated carbocycles. The van der Waals surface area contributed by atoms with E-state index in [1.165, 1.54) is 4.31 Å². The summed E-state index contributed by atoms with van der Waals surface area (Å²) in [5.41, 5.74) is 2.61. The van der Waals surface area contributed by atoms with Crippen LogP contribution in [0.4, 0.5) is 5.69 Å². The first-order chi connectivity index (χ1) is 14.8. The van der Waals surface area contributed by atoms with Crippen LogP contribution in [0, 0.1) is 13.8 Å². The zero-order valence-electron chi connectivity index (χ0n) is 17.7. The van der Waals surface area contributed by atoms with Crippen LogP contribution in [0.3, 0.4) is 0 Å². The molecule has 31 heavy (non-hydrogen) atoms. The minimum absolute atomic E-state index is 0.169. The monoisotopic (exact) mass is 447 g/mol. The lowest BCUT2D eigenvalue weighted by Gasteiger charge is -2.26. The number of fused-ring (bicyclic) bond motifs is 1. The molecule has 0 spiro atoms. The maximum absolute atomic E-state index is 12.9. The summed E-state index contributed by atoms with van der Waals surface area (Å²) in [5.74, 6) is 1.09. The number of anilines is 1. The number of morpholine rings is 1. The van der Waals surface area contributed by atoms with Gasteiger partial charge in [0.25, 0.3) is 0 Å². The maximum Gasteiger partial charge on any atom is 0.243 e. The lowest BCUT2D eigenvalue weighted by Crippen LogP contribution is -2.40. The highest BCUT2D eigenvalue weighted by molar-refractivity contribution is 7.89. The van der Waals surface area contributed by atoms with Crippen molar-refractivity contribution >= 4 is 32.7 Å². The first-order valence-electron chi connectivity index (χ1n) is 10.0. The Morgan fingerprint density at radius 1 is 1.23 bits per heavy atom. The van der Waals surface area contributed by atoms with Crippen molar-refractivity contribution in [1.82, 2.24) is 19.0 Å². The molecular weight excluding hydrogens is 422 g/mol. The fraction of sp³-hybridized carbons (Fsp3) is 0.450. The van der Waals surface area contributed by atoms with E-state index >= 15 is 0 Å². The van der Waals surface area contributed by atoms with Crippen molar-refractivity contribution in [2.24, 2.45) is 7.05 Å². The summed E-state index contributed by atoms with van der Waals surface area (Å²) >= 11 is 0. The minimum atomic E-state index is -3.59. The van der Waals surface area contributed by atoms with Gasteiger partial charge in [0.05, 0.1) is 29.1 Å². The van der Waals surface area contributed by atoms with Crippen LogP contribution >= 0.6 is 0 Å². The number of imidazole rings is 1. The first-order valence-corrected chi connectivity index (χ1v) is 11.5. The Balaban J connectivity index is 1.50. The van der Waals surface area contributed by atoms with E-state index in [-0.39, 0.29) is 17.2 Å². The minimum Gasteiger partial charge on any atom is -0.379 e. The number of nitrogens with zero attached hydrogens (tertiary/aromatic N) is 4. The average molecular weight is 448 g/mol. The molecule has 11 heteroatoms. The molecule has 3 aromatic rings. The molecule has 1 aromatic carbocycles. The van der Waals surface area contributed by atoms with Gasteiger partial charge < -0.3 is 19.1 Å². The van der Waals surface area contributed by atoms with E-state index < -0.39 is 10.0 Å². The number of carbonyl (C=O) groups excluding carboxylic acids is 1. The van der Waals surface area contributed by atoms with Crippen molar-refractivity contribution in [3.8, 4) is 0 Å². The largest absolute Gasteiger partial charge is 0.379 e. The highest BCUT2D eigenvalue weighted by atomic mass is 32.2. The lowest BCUT2D eigenvalue weighted by atomic mass is 10.2. The van der Waals surface area contributed by atoms with E-state index in [4.69, 9.17) is 9.26 Å². The van der Waals surface area contributed by atoms with Crippen LogP contribution < -0.4 is 5.32 Å². The van der Waals surface area contributed by atoms with Crippen molar-refractivity contribution in [3.63, 3.8) is 0 Å². The van der Waals surface area contributed by atoms with E-state index in [1.54, 1.807) is 32.0 Å². The Bertz CT molecular complexity index is 1200. The molecule has 1 fully saturated rings. The quantitative estimate of drug-likeness (QED) is 0.611. The smallest absolute Gasteiger partial charge is 0.243 e. The standard InChI is InChI=1S/C20H25N5O5S/c1-13-20(14(2)30-23-13)22-19(26)7-6-18-21-16-12-15(4-5-17(16)24(18)3)31(27,28)25-8-10-29-11-9-25/h4-5,12H,6-11H2,1-3H3,(H,22,26). The molecule has 1 N–H and O–H groups in total. The molecular formula is C20H25N5O5S. The summed E-state index contributed by atoms with van der Waals surface area (Å²) in [6, 6.07) is 4.94. The van der Waals surface area contributed by atoms with E-state index in [1.807, 2.05) is 11.6 Å². The number of aromatic nitrogens is 3. The summed E-state index contributed by atoms with van der Waals surface area (Å²) in [7, 11) is -1.74.